The van der Waals surface area contributed by atoms with E-state index in [1.165, 1.54) is 16.8 Å². The Labute approximate surface area is 191 Å². The number of nitrogens with zero attached hydrogens (tertiary/aromatic N) is 6. The number of tetrazole rings is 1. The molecule has 0 saturated carbocycles. The lowest BCUT2D eigenvalue weighted by Crippen LogP contribution is -2.49. The normalized spacial score (nSPS) is 16.2. The van der Waals surface area contributed by atoms with Crippen molar-refractivity contribution in [2.45, 2.75) is 46.2 Å². The Bertz CT molecular complexity index is 1060. The maximum absolute atomic E-state index is 5.75. The molecule has 2 aromatic carbocycles. The molecule has 0 spiro atoms. The molecular weight excluding hydrogens is 400 g/mol. The average Bonchev–Trinajstić information content (AvgIpc) is 3.27. The molecule has 32 heavy (non-hydrogen) atoms. The number of hydrogen-bond acceptors (Lipinski definition) is 6. The van der Waals surface area contributed by atoms with Crippen LogP contribution in [0.2, 0.25) is 0 Å². The standard InChI is InChI=1S/C25H34N6O/c1-18-10-9-12-21(19(18)2)29-14-16-30(17-15-29)23(20-11-7-8-13-22(20)32-6)24-26-27-28-31(24)25(3,4)5/h7-13,23H,14-17H2,1-6H3. The van der Waals surface area contributed by atoms with Gasteiger partial charge >= 0.3 is 0 Å². The molecule has 1 fully saturated rings. The molecule has 1 aromatic heterocycles. The number of rotatable bonds is 5. The van der Waals surface area contributed by atoms with Gasteiger partial charge in [0.05, 0.1) is 12.6 Å². The summed E-state index contributed by atoms with van der Waals surface area (Å²) in [6.07, 6.45) is 0. The number of ether oxygens (including phenoxy) is 1. The zero-order chi connectivity index (χ0) is 22.9. The minimum Gasteiger partial charge on any atom is -0.496 e. The van der Waals surface area contributed by atoms with Crippen molar-refractivity contribution < 1.29 is 4.74 Å². The zero-order valence-electron chi connectivity index (χ0n) is 20.0. The van der Waals surface area contributed by atoms with Gasteiger partial charge in [-0.3, -0.25) is 4.90 Å². The molecule has 0 amide bonds. The maximum Gasteiger partial charge on any atom is 0.173 e. The van der Waals surface area contributed by atoms with Gasteiger partial charge in [0.25, 0.3) is 0 Å². The van der Waals surface area contributed by atoms with E-state index in [4.69, 9.17) is 4.74 Å². The van der Waals surface area contributed by atoms with E-state index in [2.05, 4.69) is 90.3 Å². The second-order valence-electron chi connectivity index (χ2n) is 9.51. The summed E-state index contributed by atoms with van der Waals surface area (Å²) >= 11 is 0. The number of aryl methyl sites for hydroxylation is 1. The lowest BCUT2D eigenvalue weighted by Gasteiger charge is -2.41. The van der Waals surface area contributed by atoms with E-state index in [9.17, 15) is 0 Å². The molecule has 1 aliphatic heterocycles. The fourth-order valence-corrected chi connectivity index (χ4v) is 4.53. The molecule has 2 heterocycles. The molecule has 0 N–H and O–H groups in total. The molecule has 4 rings (SSSR count). The van der Waals surface area contributed by atoms with Gasteiger partial charge in [-0.1, -0.05) is 30.3 Å². The van der Waals surface area contributed by atoms with Crippen molar-refractivity contribution >= 4 is 5.69 Å². The Morgan fingerprint density at radius 1 is 0.938 bits per heavy atom. The highest BCUT2D eigenvalue weighted by Gasteiger charge is 2.34. The first kappa shape index (κ1) is 22.3. The number of anilines is 1. The molecule has 7 heteroatoms. The fraction of sp³-hybridized carbons (Fsp3) is 0.480. The number of hydrogen-bond donors (Lipinski definition) is 0. The Hall–Kier alpha value is -2.93. The molecule has 1 aliphatic rings. The third kappa shape index (κ3) is 4.21. The van der Waals surface area contributed by atoms with Crippen molar-refractivity contribution in [2.24, 2.45) is 0 Å². The molecule has 3 aromatic rings. The highest BCUT2D eigenvalue weighted by atomic mass is 16.5. The van der Waals surface area contributed by atoms with Crippen molar-refractivity contribution in [3.8, 4) is 5.75 Å². The van der Waals surface area contributed by atoms with E-state index >= 15 is 0 Å². The van der Waals surface area contributed by atoms with Gasteiger partial charge in [0.1, 0.15) is 11.8 Å². The number of methoxy groups -OCH3 is 1. The Morgan fingerprint density at radius 2 is 1.66 bits per heavy atom. The van der Waals surface area contributed by atoms with Crippen LogP contribution >= 0.6 is 0 Å². The quantitative estimate of drug-likeness (QED) is 0.606. The molecule has 0 radical (unpaired) electrons. The summed E-state index contributed by atoms with van der Waals surface area (Å²) < 4.78 is 7.69. The van der Waals surface area contributed by atoms with Crippen LogP contribution in [0.3, 0.4) is 0 Å². The summed E-state index contributed by atoms with van der Waals surface area (Å²) in [5, 5.41) is 12.9. The summed E-state index contributed by atoms with van der Waals surface area (Å²) in [5.41, 5.74) is 4.90. The van der Waals surface area contributed by atoms with E-state index in [-0.39, 0.29) is 11.6 Å². The maximum atomic E-state index is 5.75. The topological polar surface area (TPSA) is 59.3 Å². The van der Waals surface area contributed by atoms with Gasteiger partial charge in [-0.2, -0.15) is 0 Å². The van der Waals surface area contributed by atoms with Gasteiger partial charge in [-0.15, -0.1) is 5.10 Å². The van der Waals surface area contributed by atoms with Gasteiger partial charge in [-0.25, -0.2) is 4.68 Å². The SMILES string of the molecule is COc1ccccc1C(c1nnnn1C(C)(C)C)N1CCN(c2cccc(C)c2C)CC1. The van der Waals surface area contributed by atoms with Crippen LogP contribution in [0.25, 0.3) is 0 Å². The van der Waals surface area contributed by atoms with Crippen molar-refractivity contribution in [2.75, 3.05) is 38.2 Å². The number of aromatic nitrogens is 4. The summed E-state index contributed by atoms with van der Waals surface area (Å²) in [7, 11) is 1.72. The monoisotopic (exact) mass is 434 g/mol. The van der Waals surface area contributed by atoms with E-state index in [1.54, 1.807) is 7.11 Å². The van der Waals surface area contributed by atoms with Crippen molar-refractivity contribution in [3.05, 3.63) is 65.0 Å². The van der Waals surface area contributed by atoms with Crippen LogP contribution in [0.1, 0.15) is 49.3 Å². The van der Waals surface area contributed by atoms with Crippen molar-refractivity contribution in [1.82, 2.24) is 25.1 Å². The second kappa shape index (κ2) is 8.90. The van der Waals surface area contributed by atoms with Crippen molar-refractivity contribution in [1.29, 1.82) is 0 Å². The molecule has 1 saturated heterocycles. The summed E-state index contributed by atoms with van der Waals surface area (Å²) in [6.45, 7) is 14.5. The molecular formula is C25H34N6O. The predicted octanol–water partition coefficient (Wildman–Crippen LogP) is 3.97. The third-order valence-electron chi connectivity index (χ3n) is 6.40. The highest BCUT2D eigenvalue weighted by molar-refractivity contribution is 5.56. The molecule has 1 atom stereocenters. The summed E-state index contributed by atoms with van der Waals surface area (Å²) in [6, 6.07) is 14.7. The first-order chi connectivity index (χ1) is 15.3. The predicted molar refractivity (Wildman–Crippen MR) is 127 cm³/mol. The van der Waals surface area contributed by atoms with Gasteiger partial charge in [0, 0.05) is 37.4 Å². The molecule has 7 nitrogen and oxygen atoms in total. The lowest BCUT2D eigenvalue weighted by molar-refractivity contribution is 0.188. The highest BCUT2D eigenvalue weighted by Crippen LogP contribution is 2.36. The Balaban J connectivity index is 1.68. The number of piperazine rings is 1. The zero-order valence-corrected chi connectivity index (χ0v) is 20.0. The van der Waals surface area contributed by atoms with Crippen LogP contribution in [0.5, 0.6) is 5.75 Å². The van der Waals surface area contributed by atoms with E-state index in [0.29, 0.717) is 0 Å². The van der Waals surface area contributed by atoms with Crippen LogP contribution in [0, 0.1) is 13.8 Å². The van der Waals surface area contributed by atoms with Crippen LogP contribution in [-0.2, 0) is 5.54 Å². The number of benzene rings is 2. The largest absolute Gasteiger partial charge is 0.496 e. The van der Waals surface area contributed by atoms with Crippen LogP contribution in [0.15, 0.2) is 42.5 Å². The van der Waals surface area contributed by atoms with E-state index in [1.807, 2.05) is 16.8 Å². The van der Waals surface area contributed by atoms with Gasteiger partial charge in [-0.05, 0) is 68.3 Å². The first-order valence-corrected chi connectivity index (χ1v) is 11.3. The van der Waals surface area contributed by atoms with Gasteiger partial charge in [0.2, 0.25) is 0 Å². The van der Waals surface area contributed by atoms with E-state index < -0.39 is 0 Å². The van der Waals surface area contributed by atoms with Gasteiger partial charge in [0.15, 0.2) is 5.82 Å². The average molecular weight is 435 g/mol. The molecule has 1 unspecified atom stereocenters. The smallest absolute Gasteiger partial charge is 0.173 e. The van der Waals surface area contributed by atoms with E-state index in [0.717, 1.165) is 43.3 Å². The fourth-order valence-electron chi connectivity index (χ4n) is 4.53. The van der Waals surface area contributed by atoms with Crippen LogP contribution < -0.4 is 9.64 Å². The first-order valence-electron chi connectivity index (χ1n) is 11.3. The number of para-hydroxylation sites is 1. The summed E-state index contributed by atoms with van der Waals surface area (Å²) in [4.78, 5) is 4.97. The van der Waals surface area contributed by atoms with Crippen LogP contribution in [0.4, 0.5) is 5.69 Å². The molecule has 0 aliphatic carbocycles. The molecule has 0 bridgehead atoms. The lowest BCUT2D eigenvalue weighted by atomic mass is 10.00. The minimum absolute atomic E-state index is 0.0823. The Kier molecular flexibility index (Phi) is 6.20. The minimum atomic E-state index is -0.223. The third-order valence-corrected chi connectivity index (χ3v) is 6.40. The Morgan fingerprint density at radius 3 is 2.34 bits per heavy atom. The molecule has 170 valence electrons. The second-order valence-corrected chi connectivity index (χ2v) is 9.51. The summed E-state index contributed by atoms with van der Waals surface area (Å²) in [5.74, 6) is 1.71. The van der Waals surface area contributed by atoms with Crippen LogP contribution in [-0.4, -0.2) is 58.4 Å². The van der Waals surface area contributed by atoms with Gasteiger partial charge < -0.3 is 9.64 Å². The van der Waals surface area contributed by atoms with Crippen molar-refractivity contribution in [3.63, 3.8) is 0 Å².